The van der Waals surface area contributed by atoms with E-state index in [9.17, 15) is 9.90 Å². The Morgan fingerprint density at radius 2 is 2.38 bits per heavy atom. The van der Waals surface area contributed by atoms with Crippen LogP contribution in [-0.4, -0.2) is 41.3 Å². The van der Waals surface area contributed by atoms with Crippen LogP contribution in [0.3, 0.4) is 0 Å². The van der Waals surface area contributed by atoms with Crippen molar-refractivity contribution in [3.05, 3.63) is 46.6 Å². The fourth-order valence-electron chi connectivity index (χ4n) is 3.15. The highest BCUT2D eigenvalue weighted by molar-refractivity contribution is 9.10. The summed E-state index contributed by atoms with van der Waals surface area (Å²) < 4.78 is 3.00. The number of aromatic nitrogens is 1. The first-order valence-corrected chi connectivity index (χ1v) is 8.98. The first-order valence-electron chi connectivity index (χ1n) is 8.18. The molecule has 1 aliphatic heterocycles. The zero-order chi connectivity index (χ0) is 17.1. The maximum absolute atomic E-state index is 12.1. The first kappa shape index (κ1) is 17.2. The van der Waals surface area contributed by atoms with Crippen LogP contribution < -0.4 is 10.6 Å². The molecule has 1 amide bonds. The van der Waals surface area contributed by atoms with Crippen LogP contribution in [0, 0.1) is 0 Å². The molecular formula is C18H22BrN3O2. The summed E-state index contributed by atoms with van der Waals surface area (Å²) in [5.41, 5.74) is 1.68. The fraction of sp³-hybridized carbons (Fsp3) is 0.389. The number of aliphatic hydroxyl groups excluding tert-OH is 1. The third-order valence-electron chi connectivity index (χ3n) is 4.43. The predicted molar refractivity (Wildman–Crippen MR) is 99.2 cm³/mol. The average molecular weight is 392 g/mol. The van der Waals surface area contributed by atoms with Gasteiger partial charge >= 0.3 is 0 Å². The van der Waals surface area contributed by atoms with Crippen LogP contribution in [0.25, 0.3) is 10.9 Å². The largest absolute Gasteiger partial charge is 0.391 e. The number of aliphatic hydroxyl groups is 1. The Bertz CT molecular complexity index is 769. The second-order valence-electron chi connectivity index (χ2n) is 6.05. The summed E-state index contributed by atoms with van der Waals surface area (Å²) in [6.45, 7) is 1.59. The van der Waals surface area contributed by atoms with E-state index in [4.69, 9.17) is 0 Å². The van der Waals surface area contributed by atoms with E-state index in [-0.39, 0.29) is 18.1 Å². The Balaban J connectivity index is 1.85. The third-order valence-corrected chi connectivity index (χ3v) is 4.92. The van der Waals surface area contributed by atoms with Gasteiger partial charge < -0.3 is 20.3 Å². The molecule has 1 saturated heterocycles. The molecule has 1 aromatic heterocycles. The molecule has 2 heterocycles. The molecule has 2 aromatic rings. The van der Waals surface area contributed by atoms with Crippen LogP contribution >= 0.6 is 15.9 Å². The van der Waals surface area contributed by atoms with Crippen molar-refractivity contribution >= 4 is 32.7 Å². The van der Waals surface area contributed by atoms with Gasteiger partial charge in [-0.25, -0.2) is 0 Å². The zero-order valence-electron chi connectivity index (χ0n) is 13.6. The van der Waals surface area contributed by atoms with Gasteiger partial charge in [-0.15, -0.1) is 0 Å². The summed E-state index contributed by atoms with van der Waals surface area (Å²) in [6, 6.07) is 5.95. The number of halogens is 1. The molecule has 6 heteroatoms. The minimum atomic E-state index is -0.325. The summed E-state index contributed by atoms with van der Waals surface area (Å²) in [7, 11) is 1.64. The number of benzene rings is 1. The van der Waals surface area contributed by atoms with E-state index in [2.05, 4.69) is 31.1 Å². The molecule has 0 bridgehead atoms. The number of amides is 1. The standard InChI is InChI=1S/C18H22BrN3O2/c1-20-18(24)14-11-22(16-7-6-12(19)10-13(14)16)9-3-4-15-17(23)5-2-8-21-15/h3-4,6-7,10-11,15,17,21,23H,2,5,8-9H2,1H3,(H,20,24)/b4-3+/t15-,17+/m1/s1. The number of nitrogens with zero attached hydrogens (tertiary/aromatic N) is 1. The lowest BCUT2D eigenvalue weighted by atomic mass is 10.0. The number of carbonyl (C=O) groups is 1. The van der Waals surface area contributed by atoms with E-state index < -0.39 is 0 Å². The summed E-state index contributed by atoms with van der Waals surface area (Å²) in [5.74, 6) is -0.0924. The van der Waals surface area contributed by atoms with Gasteiger partial charge in [0.05, 0.1) is 17.7 Å². The van der Waals surface area contributed by atoms with Gasteiger partial charge in [0.2, 0.25) is 0 Å². The van der Waals surface area contributed by atoms with E-state index >= 15 is 0 Å². The smallest absolute Gasteiger partial charge is 0.253 e. The Kier molecular flexibility index (Phi) is 5.38. The second-order valence-corrected chi connectivity index (χ2v) is 6.97. The van der Waals surface area contributed by atoms with E-state index in [1.54, 1.807) is 7.05 Å². The Hall–Kier alpha value is -1.63. The molecule has 128 valence electrons. The molecule has 24 heavy (non-hydrogen) atoms. The molecular weight excluding hydrogens is 370 g/mol. The molecule has 0 unspecified atom stereocenters. The topological polar surface area (TPSA) is 66.3 Å². The van der Waals surface area contributed by atoms with Gasteiger partial charge in [-0.2, -0.15) is 0 Å². The molecule has 2 atom stereocenters. The van der Waals surface area contributed by atoms with E-state index in [0.29, 0.717) is 12.1 Å². The van der Waals surface area contributed by atoms with Crippen LogP contribution in [0.1, 0.15) is 23.2 Å². The maximum atomic E-state index is 12.1. The number of hydrogen-bond donors (Lipinski definition) is 3. The highest BCUT2D eigenvalue weighted by atomic mass is 79.9. The van der Waals surface area contributed by atoms with Crippen LogP contribution in [0.2, 0.25) is 0 Å². The molecule has 0 saturated carbocycles. The van der Waals surface area contributed by atoms with Gasteiger partial charge in [0.25, 0.3) is 5.91 Å². The van der Waals surface area contributed by atoms with E-state index in [0.717, 1.165) is 34.8 Å². The average Bonchev–Trinajstić information content (AvgIpc) is 2.94. The molecule has 0 aliphatic carbocycles. The van der Waals surface area contributed by atoms with Crippen molar-refractivity contribution in [3.8, 4) is 0 Å². The zero-order valence-corrected chi connectivity index (χ0v) is 15.2. The van der Waals surface area contributed by atoms with Crippen molar-refractivity contribution in [2.45, 2.75) is 31.5 Å². The second kappa shape index (κ2) is 7.51. The summed E-state index contributed by atoms with van der Waals surface area (Å²) >= 11 is 3.47. The Morgan fingerprint density at radius 3 is 3.12 bits per heavy atom. The number of rotatable bonds is 4. The molecule has 1 fully saturated rings. The number of allylic oxidation sites excluding steroid dienone is 1. The number of carbonyl (C=O) groups excluding carboxylic acids is 1. The minimum absolute atomic E-state index is 0.00753. The molecule has 0 radical (unpaired) electrons. The quantitative estimate of drug-likeness (QED) is 0.701. The monoisotopic (exact) mass is 391 g/mol. The van der Waals surface area contributed by atoms with Gasteiger partial charge in [0.15, 0.2) is 0 Å². The summed E-state index contributed by atoms with van der Waals surface area (Å²) in [5, 5.41) is 16.9. The van der Waals surface area contributed by atoms with Crippen molar-refractivity contribution in [2.75, 3.05) is 13.6 Å². The number of nitrogens with one attached hydrogen (secondary N) is 2. The van der Waals surface area contributed by atoms with E-state index in [1.807, 2.05) is 36.5 Å². The Labute approximate surface area is 149 Å². The molecule has 3 rings (SSSR count). The van der Waals surface area contributed by atoms with Crippen molar-refractivity contribution in [2.24, 2.45) is 0 Å². The third kappa shape index (κ3) is 3.55. The number of fused-ring (bicyclic) bond motifs is 1. The van der Waals surface area contributed by atoms with Crippen LogP contribution in [-0.2, 0) is 6.54 Å². The van der Waals surface area contributed by atoms with Crippen molar-refractivity contribution in [3.63, 3.8) is 0 Å². The highest BCUT2D eigenvalue weighted by Crippen LogP contribution is 2.25. The molecule has 1 aliphatic rings. The molecule has 1 aromatic carbocycles. The van der Waals surface area contributed by atoms with Gasteiger partial charge in [-0.1, -0.05) is 28.1 Å². The van der Waals surface area contributed by atoms with Gasteiger partial charge in [-0.3, -0.25) is 4.79 Å². The van der Waals surface area contributed by atoms with Crippen molar-refractivity contribution in [1.82, 2.24) is 15.2 Å². The van der Waals surface area contributed by atoms with Crippen LogP contribution in [0.4, 0.5) is 0 Å². The molecule has 5 nitrogen and oxygen atoms in total. The summed E-state index contributed by atoms with van der Waals surface area (Å²) in [6.07, 6.45) is 7.47. The maximum Gasteiger partial charge on any atom is 0.253 e. The fourth-order valence-corrected chi connectivity index (χ4v) is 3.51. The molecule has 0 spiro atoms. The molecule has 3 N–H and O–H groups in total. The lowest BCUT2D eigenvalue weighted by Gasteiger charge is -2.26. The van der Waals surface area contributed by atoms with Gasteiger partial charge in [0.1, 0.15) is 0 Å². The minimum Gasteiger partial charge on any atom is -0.391 e. The number of piperidine rings is 1. The van der Waals surface area contributed by atoms with Crippen molar-refractivity contribution in [1.29, 1.82) is 0 Å². The number of hydrogen-bond acceptors (Lipinski definition) is 3. The Morgan fingerprint density at radius 1 is 1.54 bits per heavy atom. The predicted octanol–water partition coefficient (Wildman–Crippen LogP) is 2.43. The lowest BCUT2D eigenvalue weighted by molar-refractivity contribution is 0.0964. The lowest BCUT2D eigenvalue weighted by Crippen LogP contribution is -2.43. The van der Waals surface area contributed by atoms with E-state index in [1.165, 1.54) is 0 Å². The SMILES string of the molecule is CNC(=O)c1cn(C/C=C/[C@H]2NCCC[C@@H]2O)c2ccc(Br)cc12. The summed E-state index contributed by atoms with van der Waals surface area (Å²) in [4.78, 5) is 12.1. The van der Waals surface area contributed by atoms with Crippen LogP contribution in [0.15, 0.2) is 41.0 Å². The van der Waals surface area contributed by atoms with Crippen molar-refractivity contribution < 1.29 is 9.90 Å². The van der Waals surface area contributed by atoms with Gasteiger partial charge in [0, 0.05) is 35.2 Å². The highest BCUT2D eigenvalue weighted by Gasteiger charge is 2.19. The normalized spacial score (nSPS) is 21.5. The first-order chi connectivity index (χ1) is 11.6. The van der Waals surface area contributed by atoms with Gasteiger partial charge in [-0.05, 0) is 37.6 Å². The van der Waals surface area contributed by atoms with Crippen LogP contribution in [0.5, 0.6) is 0 Å².